The van der Waals surface area contributed by atoms with Crippen molar-refractivity contribution < 1.29 is 28.3 Å². The van der Waals surface area contributed by atoms with Gasteiger partial charge in [0, 0.05) is 63.3 Å². The number of anilines is 2. The summed E-state index contributed by atoms with van der Waals surface area (Å²) in [5, 5.41) is 8.06. The molecule has 4 fully saturated rings. The molecule has 5 aromatic rings. The van der Waals surface area contributed by atoms with Crippen LogP contribution in [-0.4, -0.2) is 115 Å². The number of nitrogens with zero attached hydrogens (tertiary/aromatic N) is 8. The number of rotatable bonds is 8. The third-order valence-corrected chi connectivity index (χ3v) is 12.7. The zero-order valence-corrected chi connectivity index (χ0v) is 32.3. The maximum atomic E-state index is 15.4. The zero-order valence-electron chi connectivity index (χ0n) is 32.3. The number of nitrogen functional groups attached to an aromatic ring is 1. The topological polar surface area (TPSA) is 172 Å². The van der Waals surface area contributed by atoms with Gasteiger partial charge < -0.3 is 15.4 Å². The minimum absolute atomic E-state index is 0.0229. The number of carbonyl (C=O) groups is 4. The van der Waals surface area contributed by atoms with Crippen LogP contribution in [0.15, 0.2) is 73.1 Å². The van der Waals surface area contributed by atoms with Crippen molar-refractivity contribution in [3.8, 4) is 22.8 Å². The highest BCUT2D eigenvalue weighted by atomic mass is 19.1. The number of halogens is 1. The van der Waals surface area contributed by atoms with Crippen molar-refractivity contribution in [1.29, 1.82) is 0 Å². The van der Waals surface area contributed by atoms with Crippen molar-refractivity contribution in [2.45, 2.75) is 62.7 Å². The number of nitrogens with one attached hydrogen (secondary N) is 1. The van der Waals surface area contributed by atoms with Crippen LogP contribution in [0.3, 0.4) is 0 Å². The van der Waals surface area contributed by atoms with Crippen LogP contribution in [0.5, 0.6) is 11.5 Å². The highest BCUT2D eigenvalue weighted by Crippen LogP contribution is 2.39. The number of hydrogen-bond acceptors (Lipinski definition) is 12. The number of piperidine rings is 1. The number of aromatic nitrogens is 4. The molecule has 6 heterocycles. The molecule has 4 aliphatic heterocycles. The summed E-state index contributed by atoms with van der Waals surface area (Å²) in [5.74, 6) is -1.16. The Hall–Kier alpha value is -6.26. The Labute approximate surface area is 338 Å². The van der Waals surface area contributed by atoms with E-state index in [0.29, 0.717) is 24.9 Å². The van der Waals surface area contributed by atoms with Crippen molar-refractivity contribution in [3.63, 3.8) is 0 Å². The second kappa shape index (κ2) is 14.8. The summed E-state index contributed by atoms with van der Waals surface area (Å²) in [6.07, 6.45) is 5.61. The van der Waals surface area contributed by atoms with Crippen LogP contribution in [0, 0.1) is 5.82 Å². The van der Waals surface area contributed by atoms with E-state index in [2.05, 4.69) is 29.8 Å². The molecular formula is C43H43FN10O5. The number of amides is 4. The van der Waals surface area contributed by atoms with Crippen molar-refractivity contribution in [2.24, 2.45) is 0 Å². The molecule has 0 spiro atoms. The summed E-state index contributed by atoms with van der Waals surface area (Å²) in [5.41, 5.74) is 9.17. The van der Waals surface area contributed by atoms with Crippen molar-refractivity contribution >= 4 is 46.2 Å². The number of nitrogens with two attached hydrogens (primary N) is 1. The van der Waals surface area contributed by atoms with E-state index in [-0.39, 0.29) is 41.7 Å². The van der Waals surface area contributed by atoms with Crippen molar-refractivity contribution in [2.75, 3.05) is 49.9 Å². The Bertz CT molecular complexity index is 2470. The fraction of sp³-hybridized carbons (Fsp3) is 0.372. The first-order valence-electron chi connectivity index (χ1n) is 20.3. The van der Waals surface area contributed by atoms with Gasteiger partial charge in [-0.3, -0.25) is 39.2 Å². The van der Waals surface area contributed by atoms with Crippen LogP contribution in [0.1, 0.15) is 65.3 Å². The van der Waals surface area contributed by atoms with E-state index in [1.807, 2.05) is 59.5 Å². The van der Waals surface area contributed by atoms with Crippen LogP contribution in [0.4, 0.5) is 15.9 Å². The molecule has 1 aliphatic carbocycles. The number of fused-ring (bicyclic) bond motifs is 2. The monoisotopic (exact) mass is 798 g/mol. The largest absolute Gasteiger partial charge is 0.457 e. The van der Waals surface area contributed by atoms with E-state index >= 15 is 4.39 Å². The number of piperazine rings is 1. The molecule has 10 rings (SSSR count). The zero-order chi connectivity index (χ0) is 40.4. The maximum Gasteiger partial charge on any atom is 0.262 e. The van der Waals surface area contributed by atoms with Crippen LogP contribution in [0.2, 0.25) is 0 Å². The van der Waals surface area contributed by atoms with Crippen molar-refractivity contribution in [1.82, 2.24) is 39.8 Å². The Morgan fingerprint density at radius 1 is 0.746 bits per heavy atom. The highest BCUT2D eigenvalue weighted by Gasteiger charge is 2.46. The lowest BCUT2D eigenvalue weighted by molar-refractivity contribution is -0.136. The van der Waals surface area contributed by atoms with Gasteiger partial charge in [0.15, 0.2) is 5.65 Å². The van der Waals surface area contributed by atoms with Gasteiger partial charge in [-0.25, -0.2) is 19.0 Å². The van der Waals surface area contributed by atoms with Crippen LogP contribution >= 0.6 is 0 Å². The smallest absolute Gasteiger partial charge is 0.262 e. The number of ether oxygens (including phenoxy) is 1. The molecular weight excluding hydrogens is 756 g/mol. The van der Waals surface area contributed by atoms with Gasteiger partial charge in [0.05, 0.1) is 28.2 Å². The summed E-state index contributed by atoms with van der Waals surface area (Å²) >= 11 is 0. The molecule has 16 heteroatoms. The molecule has 0 radical (unpaired) electrons. The lowest BCUT2D eigenvalue weighted by Crippen LogP contribution is -2.64. The predicted octanol–water partition coefficient (Wildman–Crippen LogP) is 4.40. The van der Waals surface area contributed by atoms with Gasteiger partial charge >= 0.3 is 0 Å². The molecule has 1 atom stereocenters. The van der Waals surface area contributed by atoms with Gasteiger partial charge in [-0.2, -0.15) is 5.10 Å². The molecule has 3 aromatic carbocycles. The number of hydrogen-bond donors (Lipinski definition) is 2. The van der Waals surface area contributed by atoms with E-state index in [1.54, 1.807) is 0 Å². The minimum atomic E-state index is -1.09. The van der Waals surface area contributed by atoms with E-state index in [9.17, 15) is 19.2 Å². The molecule has 3 saturated heterocycles. The van der Waals surface area contributed by atoms with Gasteiger partial charge in [0.25, 0.3) is 11.8 Å². The molecule has 0 unspecified atom stereocenters. The summed E-state index contributed by atoms with van der Waals surface area (Å²) in [7, 11) is 0. The van der Waals surface area contributed by atoms with E-state index < -0.39 is 35.5 Å². The maximum absolute atomic E-state index is 15.4. The summed E-state index contributed by atoms with van der Waals surface area (Å²) in [6, 6.07) is 19.9. The first kappa shape index (κ1) is 37.0. The normalized spacial score (nSPS) is 23.1. The molecule has 15 nitrogen and oxygen atoms in total. The molecule has 4 amide bonds. The number of imide groups is 2. The Balaban J connectivity index is 0.740. The molecule has 5 aliphatic rings. The Morgan fingerprint density at radius 2 is 1.39 bits per heavy atom. The lowest BCUT2D eigenvalue weighted by Gasteiger charge is -2.50. The number of para-hydroxylation sites is 1. The third-order valence-electron chi connectivity index (χ3n) is 12.7. The standard InChI is InChI=1S/C43H43FN10O5/c44-33-20-31-32(43(58)53(42(31)57)34-14-15-36(55)48-41(34)56)21-35(33)52-22-28(23-52)51-18-16-50(17-19-51)26-8-10-27(11-9-26)54-40-37(39(45)46-24-47-40)38(49-54)25-6-12-30(13-7-25)59-29-4-2-1-3-5-29/h1-7,12-13,20-21,24,26-28,34H,8-11,14-19,22-23H2,(H2,45,46,47)(H,48,55,56)/t26-,27+,34-/m0/s1. The number of carbonyl (C=O) groups excluding carboxylic acids is 4. The quantitative estimate of drug-likeness (QED) is 0.213. The van der Waals surface area contributed by atoms with E-state index in [0.717, 1.165) is 96.6 Å². The predicted molar refractivity (Wildman–Crippen MR) is 215 cm³/mol. The SMILES string of the molecule is Nc1ncnc2c1c(-c1ccc(Oc3ccccc3)cc1)nn2[C@H]1CC[C@@H](N2CCN(C3CN(c4cc5c(cc4F)C(=O)N([C@H]4CCC(=O)NC4=O)C5=O)C3)CC2)CC1. The molecule has 0 bridgehead atoms. The molecule has 2 aromatic heterocycles. The molecule has 302 valence electrons. The fourth-order valence-corrected chi connectivity index (χ4v) is 9.50. The third kappa shape index (κ3) is 6.65. The van der Waals surface area contributed by atoms with E-state index in [1.165, 1.54) is 12.4 Å². The average Bonchev–Trinajstić information content (AvgIpc) is 3.73. The Morgan fingerprint density at radius 3 is 2.08 bits per heavy atom. The molecule has 3 N–H and O–H groups in total. The molecule has 59 heavy (non-hydrogen) atoms. The van der Waals surface area contributed by atoms with E-state index in [4.69, 9.17) is 15.6 Å². The first-order chi connectivity index (χ1) is 28.7. The van der Waals surface area contributed by atoms with Gasteiger partial charge in [-0.05, 0) is 80.6 Å². The lowest BCUT2D eigenvalue weighted by atomic mass is 9.89. The van der Waals surface area contributed by atoms with Gasteiger partial charge in [-0.15, -0.1) is 0 Å². The van der Waals surface area contributed by atoms with Crippen LogP contribution < -0.4 is 20.7 Å². The summed E-state index contributed by atoms with van der Waals surface area (Å²) < 4.78 is 23.5. The average molecular weight is 799 g/mol. The summed E-state index contributed by atoms with van der Waals surface area (Å²) in [6.45, 7) is 4.95. The van der Waals surface area contributed by atoms with Gasteiger partial charge in [0.2, 0.25) is 11.8 Å². The second-order valence-corrected chi connectivity index (χ2v) is 16.1. The second-order valence-electron chi connectivity index (χ2n) is 16.1. The minimum Gasteiger partial charge on any atom is -0.457 e. The first-order valence-corrected chi connectivity index (χ1v) is 20.3. The Kier molecular flexibility index (Phi) is 9.32. The van der Waals surface area contributed by atoms with Gasteiger partial charge in [0.1, 0.15) is 41.2 Å². The van der Waals surface area contributed by atoms with Crippen molar-refractivity contribution in [3.05, 3.63) is 90.0 Å². The fourth-order valence-electron chi connectivity index (χ4n) is 9.50. The number of benzene rings is 3. The highest BCUT2D eigenvalue weighted by molar-refractivity contribution is 6.23. The summed E-state index contributed by atoms with van der Waals surface area (Å²) in [4.78, 5) is 67.3. The van der Waals surface area contributed by atoms with Crippen LogP contribution in [0.25, 0.3) is 22.3 Å². The molecule has 1 saturated carbocycles. The van der Waals surface area contributed by atoms with Gasteiger partial charge in [-0.1, -0.05) is 18.2 Å². The van der Waals surface area contributed by atoms with Crippen LogP contribution in [-0.2, 0) is 9.59 Å².